The Hall–Kier alpha value is -3.65. The van der Waals surface area contributed by atoms with E-state index >= 15 is 0 Å². The molecule has 2 heterocycles. The first-order chi connectivity index (χ1) is 17.7. The van der Waals surface area contributed by atoms with E-state index in [0.29, 0.717) is 29.7 Å². The van der Waals surface area contributed by atoms with Crippen LogP contribution in [-0.2, 0) is 11.2 Å². The van der Waals surface area contributed by atoms with Crippen molar-refractivity contribution in [1.29, 1.82) is 0 Å². The van der Waals surface area contributed by atoms with Gasteiger partial charge in [0.2, 0.25) is 5.91 Å². The number of carbonyl (C=O) groups is 2. The van der Waals surface area contributed by atoms with Crippen molar-refractivity contribution in [3.05, 3.63) is 76.9 Å². The fraction of sp³-hybridized carbons (Fsp3) is 0.433. The minimum Gasteiger partial charge on any atom is -0.487 e. The SMILES string of the molecule is C=C(C)[C@]1(C)CC(=O)N([C@@H]2CC(C)(C)Oc3ccc(C(=O)N[C@@H]4c5ccccc5CC4(C)O)cc32)C(N)=N1. The van der Waals surface area contributed by atoms with Crippen LogP contribution in [-0.4, -0.2) is 44.5 Å². The molecule has 4 atom stereocenters. The van der Waals surface area contributed by atoms with E-state index in [9.17, 15) is 14.7 Å². The van der Waals surface area contributed by atoms with Crippen molar-refractivity contribution in [2.45, 2.75) is 82.7 Å². The molecule has 4 N–H and O–H groups in total. The number of guanidine groups is 1. The van der Waals surface area contributed by atoms with Crippen molar-refractivity contribution in [2.75, 3.05) is 0 Å². The number of fused-ring (bicyclic) bond motifs is 2. The lowest BCUT2D eigenvalue weighted by Crippen LogP contribution is -2.54. The Bertz CT molecular complexity index is 1380. The molecule has 8 heteroatoms. The summed E-state index contributed by atoms with van der Waals surface area (Å²) in [6, 6.07) is 12.0. The third-order valence-corrected chi connectivity index (χ3v) is 8.12. The number of nitrogens with zero attached hydrogens (tertiary/aromatic N) is 2. The van der Waals surface area contributed by atoms with E-state index in [-0.39, 0.29) is 24.2 Å². The summed E-state index contributed by atoms with van der Waals surface area (Å²) in [4.78, 5) is 33.1. The Labute approximate surface area is 223 Å². The first kappa shape index (κ1) is 26.0. The van der Waals surface area contributed by atoms with Crippen molar-refractivity contribution < 1.29 is 19.4 Å². The van der Waals surface area contributed by atoms with Crippen LogP contribution in [0.1, 0.15) is 86.6 Å². The number of ether oxygens (including phenoxy) is 1. The minimum atomic E-state index is -1.11. The summed E-state index contributed by atoms with van der Waals surface area (Å²) in [5.41, 5.74) is 7.78. The lowest BCUT2D eigenvalue weighted by atomic mass is 9.85. The largest absolute Gasteiger partial charge is 0.487 e. The van der Waals surface area contributed by atoms with Gasteiger partial charge in [-0.05, 0) is 63.9 Å². The van der Waals surface area contributed by atoms with Crippen molar-refractivity contribution in [3.63, 3.8) is 0 Å². The second kappa shape index (κ2) is 8.70. The topological polar surface area (TPSA) is 117 Å². The lowest BCUT2D eigenvalue weighted by molar-refractivity contribution is -0.132. The third-order valence-electron chi connectivity index (χ3n) is 8.12. The number of amides is 2. The number of rotatable bonds is 4. The highest BCUT2D eigenvalue weighted by Crippen LogP contribution is 2.45. The summed E-state index contributed by atoms with van der Waals surface area (Å²) in [6.45, 7) is 13.4. The van der Waals surface area contributed by atoms with E-state index in [2.05, 4.69) is 16.9 Å². The van der Waals surface area contributed by atoms with Crippen molar-refractivity contribution >= 4 is 17.8 Å². The number of nitrogens with two attached hydrogens (primary N) is 1. The van der Waals surface area contributed by atoms with E-state index in [1.54, 1.807) is 25.1 Å². The lowest BCUT2D eigenvalue weighted by Gasteiger charge is -2.45. The highest BCUT2D eigenvalue weighted by molar-refractivity contribution is 6.00. The molecule has 0 saturated heterocycles. The van der Waals surface area contributed by atoms with Gasteiger partial charge in [0.05, 0.1) is 29.6 Å². The Morgan fingerprint density at radius 1 is 1.16 bits per heavy atom. The first-order valence-electron chi connectivity index (χ1n) is 13.0. The van der Waals surface area contributed by atoms with E-state index in [1.165, 1.54) is 4.90 Å². The molecule has 38 heavy (non-hydrogen) atoms. The molecule has 200 valence electrons. The molecule has 1 aliphatic carbocycles. The standard InChI is InChI=1S/C30H36N4O4/c1-17(2)29(5)16-24(35)34(27(31)33-29)22-15-28(3,4)38-23-12-11-18(13-21(22)23)26(36)32-25-20-10-8-7-9-19(20)14-30(25,6)37/h7-13,22,25,37H,1,14-16H2,2-6H3,(H2,31,33)(H,32,36)/t22-,25-,29+,30?/m1/s1. The van der Waals surface area contributed by atoms with Crippen LogP contribution < -0.4 is 15.8 Å². The number of hydrogen-bond donors (Lipinski definition) is 3. The van der Waals surface area contributed by atoms with Gasteiger partial charge < -0.3 is 20.9 Å². The zero-order chi connectivity index (χ0) is 27.6. The smallest absolute Gasteiger partial charge is 0.251 e. The zero-order valence-electron chi connectivity index (χ0n) is 22.7. The molecule has 0 saturated carbocycles. The summed E-state index contributed by atoms with van der Waals surface area (Å²) in [6.07, 6.45) is 1.09. The molecule has 2 aromatic rings. The van der Waals surface area contributed by atoms with Gasteiger partial charge in [0, 0.05) is 24.0 Å². The maximum Gasteiger partial charge on any atom is 0.251 e. The quantitative estimate of drug-likeness (QED) is 0.532. The van der Waals surface area contributed by atoms with E-state index < -0.39 is 28.8 Å². The Balaban J connectivity index is 1.50. The average molecular weight is 517 g/mol. The number of aliphatic hydroxyl groups is 1. The van der Waals surface area contributed by atoms with Gasteiger partial charge in [-0.15, -0.1) is 0 Å². The highest BCUT2D eigenvalue weighted by Gasteiger charge is 2.45. The van der Waals surface area contributed by atoms with Gasteiger partial charge in [0.1, 0.15) is 11.4 Å². The molecule has 5 rings (SSSR count). The number of carbonyl (C=O) groups excluding carboxylic acids is 2. The maximum atomic E-state index is 13.5. The van der Waals surface area contributed by atoms with E-state index in [4.69, 9.17) is 10.5 Å². The fourth-order valence-corrected chi connectivity index (χ4v) is 5.87. The number of benzene rings is 2. The Morgan fingerprint density at radius 2 is 1.87 bits per heavy atom. The number of aliphatic imine (C=N–C) groups is 1. The van der Waals surface area contributed by atoms with Crippen molar-refractivity contribution in [3.8, 4) is 5.75 Å². The molecule has 0 fully saturated rings. The molecular weight excluding hydrogens is 480 g/mol. The molecule has 2 amide bonds. The summed E-state index contributed by atoms with van der Waals surface area (Å²) in [5, 5.41) is 14.1. The van der Waals surface area contributed by atoms with Gasteiger partial charge in [-0.2, -0.15) is 0 Å². The Morgan fingerprint density at radius 3 is 2.55 bits per heavy atom. The van der Waals surface area contributed by atoms with Crippen LogP contribution in [0.5, 0.6) is 5.75 Å². The predicted molar refractivity (Wildman–Crippen MR) is 146 cm³/mol. The molecule has 0 spiro atoms. The van der Waals surface area contributed by atoms with Gasteiger partial charge in [-0.3, -0.25) is 14.5 Å². The average Bonchev–Trinajstić information content (AvgIpc) is 3.06. The van der Waals surface area contributed by atoms with Gasteiger partial charge in [0.25, 0.3) is 5.91 Å². The van der Waals surface area contributed by atoms with Crippen LogP contribution in [0.15, 0.2) is 59.6 Å². The molecular formula is C30H36N4O4. The van der Waals surface area contributed by atoms with Gasteiger partial charge in [0.15, 0.2) is 5.96 Å². The maximum absolute atomic E-state index is 13.5. The van der Waals surface area contributed by atoms with Crippen LogP contribution in [0.2, 0.25) is 0 Å². The summed E-state index contributed by atoms with van der Waals surface area (Å²) < 4.78 is 6.23. The predicted octanol–water partition coefficient (Wildman–Crippen LogP) is 3.95. The van der Waals surface area contributed by atoms with Crippen molar-refractivity contribution in [2.24, 2.45) is 10.7 Å². The van der Waals surface area contributed by atoms with E-state index in [1.807, 2.05) is 52.0 Å². The summed E-state index contributed by atoms with van der Waals surface area (Å²) in [5.74, 6) is 0.258. The zero-order valence-corrected chi connectivity index (χ0v) is 22.7. The first-order valence-corrected chi connectivity index (χ1v) is 13.0. The van der Waals surface area contributed by atoms with Crippen LogP contribution >= 0.6 is 0 Å². The van der Waals surface area contributed by atoms with Crippen LogP contribution in [0.3, 0.4) is 0 Å². The molecule has 2 aromatic carbocycles. The van der Waals surface area contributed by atoms with Crippen LogP contribution in [0, 0.1) is 0 Å². The number of nitrogens with one attached hydrogen (secondary N) is 1. The fourth-order valence-electron chi connectivity index (χ4n) is 5.87. The van der Waals surface area contributed by atoms with Crippen LogP contribution in [0.4, 0.5) is 0 Å². The van der Waals surface area contributed by atoms with Crippen molar-refractivity contribution in [1.82, 2.24) is 10.2 Å². The molecule has 0 radical (unpaired) electrons. The third kappa shape index (κ3) is 4.36. The Kier molecular flexibility index (Phi) is 5.95. The summed E-state index contributed by atoms with van der Waals surface area (Å²) in [7, 11) is 0. The second-order valence-electron chi connectivity index (χ2n) is 11.9. The minimum absolute atomic E-state index is 0.133. The normalized spacial score (nSPS) is 29.6. The van der Waals surface area contributed by atoms with E-state index in [0.717, 1.165) is 16.7 Å². The molecule has 8 nitrogen and oxygen atoms in total. The monoisotopic (exact) mass is 516 g/mol. The molecule has 0 aromatic heterocycles. The number of hydrogen-bond acceptors (Lipinski definition) is 6. The van der Waals surface area contributed by atoms with Gasteiger partial charge in [-0.1, -0.05) is 36.4 Å². The molecule has 3 aliphatic rings. The van der Waals surface area contributed by atoms with Gasteiger partial charge in [-0.25, -0.2) is 4.99 Å². The summed E-state index contributed by atoms with van der Waals surface area (Å²) >= 11 is 0. The van der Waals surface area contributed by atoms with Gasteiger partial charge >= 0.3 is 0 Å². The molecule has 1 unspecified atom stereocenters. The second-order valence-corrected chi connectivity index (χ2v) is 11.9. The molecule has 0 bridgehead atoms. The molecule has 2 aliphatic heterocycles. The highest BCUT2D eigenvalue weighted by atomic mass is 16.5. The van der Waals surface area contributed by atoms with Crippen LogP contribution in [0.25, 0.3) is 0 Å².